The van der Waals surface area contributed by atoms with E-state index in [1.165, 1.54) is 22.4 Å². The molecule has 1 N–H and O–H groups in total. The number of pyridine rings is 1. The van der Waals surface area contributed by atoms with E-state index in [2.05, 4.69) is 70.9 Å². The van der Waals surface area contributed by atoms with Crippen LogP contribution in [0.3, 0.4) is 0 Å². The first-order valence-electron chi connectivity index (χ1n) is 13.1. The molecule has 1 atom stereocenters. The predicted molar refractivity (Wildman–Crippen MR) is 139 cm³/mol. The summed E-state index contributed by atoms with van der Waals surface area (Å²) >= 11 is 0. The number of aromatic nitrogens is 1. The fourth-order valence-corrected chi connectivity index (χ4v) is 5.31. The van der Waals surface area contributed by atoms with Crippen molar-refractivity contribution in [3.05, 3.63) is 95.3 Å². The number of hydrogen-bond donors (Lipinski definition) is 1. The lowest BCUT2D eigenvalue weighted by Gasteiger charge is -2.38. The Bertz CT molecular complexity index is 1040. The molecule has 1 unspecified atom stereocenters. The SMILES string of the molecule is c1ccc(COCCCC2c3c(OC4CCNCC4)ccnc3CCN2Cc2ccccc2)cc1. The highest BCUT2D eigenvalue weighted by Crippen LogP contribution is 2.39. The first-order chi connectivity index (χ1) is 17.4. The quantitative estimate of drug-likeness (QED) is 0.406. The summed E-state index contributed by atoms with van der Waals surface area (Å²) in [6, 6.07) is 23.6. The van der Waals surface area contributed by atoms with Crippen LogP contribution in [0.5, 0.6) is 5.75 Å². The van der Waals surface area contributed by atoms with Crippen molar-refractivity contribution in [3.8, 4) is 5.75 Å². The standard InChI is InChI=1S/C30H37N3O2/c1-3-8-24(9-4-1)22-33-20-16-27-30(29(15-19-32-27)35-26-13-17-31-18-14-26)28(33)12-7-21-34-23-25-10-5-2-6-11-25/h1-6,8-11,15,19,26,28,31H,7,12-14,16-18,20-23H2. The number of ether oxygens (including phenoxy) is 2. The molecule has 1 fully saturated rings. The summed E-state index contributed by atoms with van der Waals surface area (Å²) in [4.78, 5) is 7.42. The van der Waals surface area contributed by atoms with E-state index in [9.17, 15) is 0 Å². The van der Waals surface area contributed by atoms with E-state index in [0.29, 0.717) is 6.61 Å². The highest BCUT2D eigenvalue weighted by Gasteiger charge is 2.32. The van der Waals surface area contributed by atoms with Gasteiger partial charge in [0.1, 0.15) is 11.9 Å². The lowest BCUT2D eigenvalue weighted by molar-refractivity contribution is 0.0979. The zero-order chi connectivity index (χ0) is 23.7. The van der Waals surface area contributed by atoms with Gasteiger partial charge in [-0.1, -0.05) is 60.7 Å². The van der Waals surface area contributed by atoms with E-state index in [0.717, 1.165) is 70.6 Å². The molecule has 5 rings (SSSR count). The average Bonchev–Trinajstić information content (AvgIpc) is 2.91. The normalized spacial score (nSPS) is 18.8. The van der Waals surface area contributed by atoms with E-state index in [-0.39, 0.29) is 12.1 Å². The van der Waals surface area contributed by atoms with Gasteiger partial charge in [-0.15, -0.1) is 0 Å². The molecule has 3 aromatic rings. The Labute approximate surface area is 209 Å². The molecule has 1 aromatic heterocycles. The van der Waals surface area contributed by atoms with E-state index >= 15 is 0 Å². The molecule has 2 aliphatic heterocycles. The summed E-state index contributed by atoms with van der Waals surface area (Å²) in [6.07, 6.45) is 7.33. The van der Waals surface area contributed by atoms with Gasteiger partial charge in [0.15, 0.2) is 0 Å². The van der Waals surface area contributed by atoms with Gasteiger partial charge in [-0.3, -0.25) is 9.88 Å². The van der Waals surface area contributed by atoms with Gasteiger partial charge in [-0.05, 0) is 56.0 Å². The molecule has 0 saturated carbocycles. The van der Waals surface area contributed by atoms with Gasteiger partial charge in [-0.25, -0.2) is 0 Å². The Morgan fingerprint density at radius 3 is 2.43 bits per heavy atom. The van der Waals surface area contributed by atoms with Gasteiger partial charge in [0, 0.05) is 43.9 Å². The topological polar surface area (TPSA) is 46.6 Å². The first kappa shape index (κ1) is 24.0. The molecule has 5 heteroatoms. The van der Waals surface area contributed by atoms with E-state index in [1.54, 1.807) is 0 Å². The largest absolute Gasteiger partial charge is 0.490 e. The minimum atomic E-state index is 0.280. The molecule has 0 amide bonds. The molecule has 2 aliphatic rings. The van der Waals surface area contributed by atoms with Crippen molar-refractivity contribution < 1.29 is 9.47 Å². The third-order valence-electron chi connectivity index (χ3n) is 7.13. The van der Waals surface area contributed by atoms with Crippen molar-refractivity contribution in [2.24, 2.45) is 0 Å². The van der Waals surface area contributed by atoms with Crippen molar-refractivity contribution in [3.63, 3.8) is 0 Å². The lowest BCUT2D eigenvalue weighted by atomic mass is 9.91. The Morgan fingerprint density at radius 1 is 0.914 bits per heavy atom. The van der Waals surface area contributed by atoms with Crippen molar-refractivity contribution in [2.75, 3.05) is 26.2 Å². The lowest BCUT2D eigenvalue weighted by Crippen LogP contribution is -2.37. The smallest absolute Gasteiger partial charge is 0.127 e. The number of fused-ring (bicyclic) bond motifs is 1. The second-order valence-electron chi connectivity index (χ2n) is 9.64. The zero-order valence-corrected chi connectivity index (χ0v) is 20.6. The summed E-state index contributed by atoms with van der Waals surface area (Å²) in [7, 11) is 0. The van der Waals surface area contributed by atoms with Crippen LogP contribution in [0.15, 0.2) is 72.9 Å². The van der Waals surface area contributed by atoms with Crippen molar-refractivity contribution >= 4 is 0 Å². The molecule has 5 nitrogen and oxygen atoms in total. The second kappa shape index (κ2) is 12.3. The number of nitrogens with zero attached hydrogens (tertiary/aromatic N) is 2. The maximum absolute atomic E-state index is 6.63. The van der Waals surface area contributed by atoms with Crippen LogP contribution in [0.4, 0.5) is 0 Å². The Morgan fingerprint density at radius 2 is 1.66 bits per heavy atom. The first-order valence-corrected chi connectivity index (χ1v) is 13.1. The van der Waals surface area contributed by atoms with Crippen molar-refractivity contribution in [1.29, 1.82) is 0 Å². The number of benzene rings is 2. The van der Waals surface area contributed by atoms with Crippen LogP contribution in [-0.2, 0) is 24.3 Å². The van der Waals surface area contributed by atoms with Crippen LogP contribution in [0.1, 0.15) is 54.1 Å². The average molecular weight is 472 g/mol. The van der Waals surface area contributed by atoms with E-state index in [4.69, 9.17) is 14.5 Å². The molecular formula is C30H37N3O2. The van der Waals surface area contributed by atoms with Gasteiger partial charge in [-0.2, -0.15) is 0 Å². The van der Waals surface area contributed by atoms with Gasteiger partial charge in [0.05, 0.1) is 12.3 Å². The van der Waals surface area contributed by atoms with Crippen LogP contribution in [0.25, 0.3) is 0 Å². The number of piperidine rings is 1. The van der Waals surface area contributed by atoms with Crippen LogP contribution in [0.2, 0.25) is 0 Å². The Hall–Kier alpha value is -2.73. The van der Waals surface area contributed by atoms with Crippen LogP contribution in [-0.4, -0.2) is 42.2 Å². The fraction of sp³-hybridized carbons (Fsp3) is 0.433. The molecular weight excluding hydrogens is 434 g/mol. The summed E-state index contributed by atoms with van der Waals surface area (Å²) in [5, 5.41) is 3.44. The van der Waals surface area contributed by atoms with Gasteiger partial charge >= 0.3 is 0 Å². The molecule has 0 aliphatic carbocycles. The number of nitrogens with one attached hydrogen (secondary N) is 1. The third kappa shape index (κ3) is 6.49. The monoisotopic (exact) mass is 471 g/mol. The van der Waals surface area contributed by atoms with Crippen LogP contribution >= 0.6 is 0 Å². The third-order valence-corrected chi connectivity index (χ3v) is 7.13. The van der Waals surface area contributed by atoms with Crippen LogP contribution < -0.4 is 10.1 Å². The van der Waals surface area contributed by atoms with Gasteiger partial charge in [0.2, 0.25) is 0 Å². The van der Waals surface area contributed by atoms with E-state index in [1.807, 2.05) is 12.3 Å². The van der Waals surface area contributed by atoms with E-state index < -0.39 is 0 Å². The maximum atomic E-state index is 6.63. The summed E-state index contributed by atoms with van der Waals surface area (Å²) < 4.78 is 12.7. The minimum Gasteiger partial charge on any atom is -0.490 e. The highest BCUT2D eigenvalue weighted by atomic mass is 16.5. The van der Waals surface area contributed by atoms with Crippen molar-refractivity contribution in [2.45, 2.75) is 57.4 Å². The maximum Gasteiger partial charge on any atom is 0.127 e. The molecule has 0 radical (unpaired) electrons. The molecule has 184 valence electrons. The summed E-state index contributed by atoms with van der Waals surface area (Å²) in [5.41, 5.74) is 5.08. The fourth-order valence-electron chi connectivity index (χ4n) is 5.31. The predicted octanol–water partition coefficient (Wildman–Crippen LogP) is 5.31. The minimum absolute atomic E-state index is 0.280. The molecule has 3 heterocycles. The summed E-state index contributed by atoms with van der Waals surface area (Å²) in [6.45, 7) is 5.44. The Kier molecular flexibility index (Phi) is 8.43. The second-order valence-corrected chi connectivity index (χ2v) is 9.64. The number of hydrogen-bond acceptors (Lipinski definition) is 5. The zero-order valence-electron chi connectivity index (χ0n) is 20.6. The molecule has 35 heavy (non-hydrogen) atoms. The summed E-state index contributed by atoms with van der Waals surface area (Å²) in [5.74, 6) is 1.04. The molecule has 1 saturated heterocycles. The highest BCUT2D eigenvalue weighted by molar-refractivity contribution is 5.41. The number of rotatable bonds is 10. The van der Waals surface area contributed by atoms with Gasteiger partial charge < -0.3 is 14.8 Å². The van der Waals surface area contributed by atoms with Crippen LogP contribution in [0, 0.1) is 0 Å². The molecule has 2 aromatic carbocycles. The Balaban J connectivity index is 1.31. The van der Waals surface area contributed by atoms with Crippen molar-refractivity contribution in [1.82, 2.24) is 15.2 Å². The molecule has 0 bridgehead atoms. The molecule has 0 spiro atoms. The van der Waals surface area contributed by atoms with Gasteiger partial charge in [0.25, 0.3) is 0 Å².